The predicted octanol–water partition coefficient (Wildman–Crippen LogP) is 3.08. The molecule has 0 aliphatic heterocycles. The summed E-state index contributed by atoms with van der Waals surface area (Å²) < 4.78 is 12.2. The molecule has 5 nitrogen and oxygen atoms in total. The van der Waals surface area contributed by atoms with E-state index in [2.05, 4.69) is 5.16 Å². The van der Waals surface area contributed by atoms with Gasteiger partial charge in [-0.3, -0.25) is 0 Å². The normalized spacial score (nSPS) is 11.1. The zero-order chi connectivity index (χ0) is 13.6. The fourth-order valence-corrected chi connectivity index (χ4v) is 2.51. The van der Waals surface area contributed by atoms with Gasteiger partial charge in [0.25, 0.3) is 0 Å². The van der Waals surface area contributed by atoms with E-state index in [0.29, 0.717) is 10.7 Å². The summed E-state index contributed by atoms with van der Waals surface area (Å²) in [7, 11) is 3.55. The summed E-state index contributed by atoms with van der Waals surface area (Å²) in [6.45, 7) is 0. The van der Waals surface area contributed by atoms with Crippen LogP contribution in [0.2, 0.25) is 5.02 Å². The van der Waals surface area contributed by atoms with Crippen LogP contribution in [0.5, 0.6) is 5.75 Å². The Kier molecular flexibility index (Phi) is 2.64. The van der Waals surface area contributed by atoms with Crippen LogP contribution in [0.25, 0.3) is 22.2 Å². The first-order valence-electron chi connectivity index (χ1n) is 5.66. The zero-order valence-electron chi connectivity index (χ0n) is 10.5. The van der Waals surface area contributed by atoms with Crippen LogP contribution in [0.3, 0.4) is 0 Å². The Morgan fingerprint density at radius 3 is 2.84 bits per heavy atom. The van der Waals surface area contributed by atoms with Gasteiger partial charge >= 0.3 is 0 Å². The first-order valence-corrected chi connectivity index (χ1v) is 6.03. The third kappa shape index (κ3) is 1.74. The number of nitrogens with zero attached hydrogens (tertiary/aromatic N) is 2. The minimum absolute atomic E-state index is 0.269. The lowest BCUT2D eigenvalue weighted by atomic mass is 10.1. The molecule has 2 heterocycles. The van der Waals surface area contributed by atoms with Gasteiger partial charge in [0.2, 0.25) is 5.88 Å². The number of rotatable bonds is 2. The number of hydrogen-bond donors (Lipinski definition) is 1. The van der Waals surface area contributed by atoms with E-state index < -0.39 is 0 Å². The summed E-state index contributed by atoms with van der Waals surface area (Å²) >= 11 is 6.30. The van der Waals surface area contributed by atoms with E-state index in [0.717, 1.165) is 22.2 Å². The maximum atomic E-state index is 6.30. The molecule has 0 saturated carbocycles. The van der Waals surface area contributed by atoms with Crippen molar-refractivity contribution in [1.29, 1.82) is 0 Å². The SMILES string of the molecule is COc1ccc(Cl)c2c(-c3cc(N)on3)cn(C)c12. The van der Waals surface area contributed by atoms with Crippen molar-refractivity contribution in [2.24, 2.45) is 7.05 Å². The largest absolute Gasteiger partial charge is 0.495 e. The molecule has 3 rings (SSSR count). The van der Waals surface area contributed by atoms with Crippen LogP contribution in [-0.2, 0) is 7.05 Å². The Morgan fingerprint density at radius 2 is 2.21 bits per heavy atom. The number of fused-ring (bicyclic) bond motifs is 1. The molecule has 19 heavy (non-hydrogen) atoms. The summed E-state index contributed by atoms with van der Waals surface area (Å²) in [6.07, 6.45) is 1.93. The van der Waals surface area contributed by atoms with E-state index in [1.807, 2.05) is 23.9 Å². The molecule has 0 saturated heterocycles. The maximum Gasteiger partial charge on any atom is 0.222 e. The van der Waals surface area contributed by atoms with Gasteiger partial charge in [0, 0.05) is 30.3 Å². The van der Waals surface area contributed by atoms with Crippen molar-refractivity contribution >= 4 is 28.4 Å². The number of aryl methyl sites for hydroxylation is 1. The van der Waals surface area contributed by atoms with Crippen molar-refractivity contribution in [3.05, 3.63) is 29.4 Å². The molecule has 0 bridgehead atoms. The lowest BCUT2D eigenvalue weighted by Gasteiger charge is -2.05. The van der Waals surface area contributed by atoms with Crippen molar-refractivity contribution < 1.29 is 9.26 Å². The van der Waals surface area contributed by atoms with Gasteiger partial charge in [0.05, 0.1) is 17.6 Å². The molecule has 0 fully saturated rings. The van der Waals surface area contributed by atoms with Gasteiger partial charge in [-0.15, -0.1) is 0 Å². The van der Waals surface area contributed by atoms with Gasteiger partial charge in [-0.2, -0.15) is 0 Å². The molecule has 0 spiro atoms. The Morgan fingerprint density at radius 1 is 1.42 bits per heavy atom. The highest BCUT2D eigenvalue weighted by molar-refractivity contribution is 6.37. The molecule has 2 aromatic heterocycles. The molecule has 0 radical (unpaired) electrons. The molecule has 0 aliphatic rings. The monoisotopic (exact) mass is 277 g/mol. The molecule has 0 aliphatic carbocycles. The molecule has 0 atom stereocenters. The minimum Gasteiger partial charge on any atom is -0.495 e. The Bertz CT molecular complexity index is 761. The van der Waals surface area contributed by atoms with Crippen LogP contribution in [0.4, 0.5) is 5.88 Å². The van der Waals surface area contributed by atoms with Crippen LogP contribution >= 0.6 is 11.6 Å². The van der Waals surface area contributed by atoms with Crippen molar-refractivity contribution in [3.8, 4) is 17.0 Å². The molecule has 6 heteroatoms. The lowest BCUT2D eigenvalue weighted by molar-refractivity contribution is 0.418. The molecular weight excluding hydrogens is 266 g/mol. The number of nitrogens with two attached hydrogens (primary N) is 1. The summed E-state index contributed by atoms with van der Waals surface area (Å²) in [5.74, 6) is 1.02. The summed E-state index contributed by atoms with van der Waals surface area (Å²) in [6, 6.07) is 5.31. The predicted molar refractivity (Wildman–Crippen MR) is 74.4 cm³/mol. The minimum atomic E-state index is 0.269. The fourth-order valence-electron chi connectivity index (χ4n) is 2.25. The van der Waals surface area contributed by atoms with E-state index in [-0.39, 0.29) is 5.88 Å². The quantitative estimate of drug-likeness (QED) is 0.782. The highest BCUT2D eigenvalue weighted by Crippen LogP contribution is 2.39. The van der Waals surface area contributed by atoms with Gasteiger partial charge in [0.1, 0.15) is 11.4 Å². The Labute approximate surface area is 114 Å². The number of anilines is 1. The first kappa shape index (κ1) is 11.9. The van der Waals surface area contributed by atoms with E-state index >= 15 is 0 Å². The average Bonchev–Trinajstić information content (AvgIpc) is 2.95. The number of aromatic nitrogens is 2. The second-order valence-corrected chi connectivity index (χ2v) is 4.65. The number of ether oxygens (including phenoxy) is 1. The van der Waals surface area contributed by atoms with Crippen molar-refractivity contribution in [1.82, 2.24) is 9.72 Å². The topological polar surface area (TPSA) is 66.2 Å². The van der Waals surface area contributed by atoms with E-state index in [1.165, 1.54) is 0 Å². The van der Waals surface area contributed by atoms with Crippen molar-refractivity contribution in [2.75, 3.05) is 12.8 Å². The standard InChI is InChI=1S/C13H12ClN3O2/c1-17-6-7(9-5-11(15)19-16-9)12-8(14)3-4-10(18-2)13(12)17/h3-6H,15H2,1-2H3. The molecular formula is C13H12ClN3O2. The van der Waals surface area contributed by atoms with Crippen LogP contribution in [0, 0.1) is 0 Å². The fraction of sp³-hybridized carbons (Fsp3) is 0.154. The maximum absolute atomic E-state index is 6.30. The Balaban J connectivity index is 2.38. The van der Waals surface area contributed by atoms with Gasteiger partial charge in [-0.1, -0.05) is 16.8 Å². The summed E-state index contributed by atoms with van der Waals surface area (Å²) in [5.41, 5.74) is 7.99. The van der Waals surface area contributed by atoms with E-state index in [4.69, 9.17) is 26.6 Å². The summed E-state index contributed by atoms with van der Waals surface area (Å²) in [4.78, 5) is 0. The van der Waals surface area contributed by atoms with Gasteiger partial charge in [0.15, 0.2) is 0 Å². The van der Waals surface area contributed by atoms with Crippen LogP contribution in [0.1, 0.15) is 0 Å². The number of benzene rings is 1. The zero-order valence-corrected chi connectivity index (χ0v) is 11.2. The van der Waals surface area contributed by atoms with E-state index in [9.17, 15) is 0 Å². The molecule has 0 amide bonds. The average molecular weight is 278 g/mol. The van der Waals surface area contributed by atoms with Crippen molar-refractivity contribution in [3.63, 3.8) is 0 Å². The van der Waals surface area contributed by atoms with Crippen molar-refractivity contribution in [2.45, 2.75) is 0 Å². The molecule has 1 aromatic carbocycles. The Hall–Kier alpha value is -2.14. The van der Waals surface area contributed by atoms with Gasteiger partial charge < -0.3 is 19.6 Å². The third-order valence-corrected chi connectivity index (χ3v) is 3.37. The van der Waals surface area contributed by atoms with Crippen LogP contribution in [0.15, 0.2) is 28.9 Å². The molecule has 3 aromatic rings. The van der Waals surface area contributed by atoms with Crippen LogP contribution < -0.4 is 10.5 Å². The molecule has 2 N–H and O–H groups in total. The first-order chi connectivity index (χ1) is 9.11. The summed E-state index contributed by atoms with van der Waals surface area (Å²) in [5, 5.41) is 5.44. The molecule has 0 unspecified atom stereocenters. The number of halogens is 1. The van der Waals surface area contributed by atoms with E-state index in [1.54, 1.807) is 19.2 Å². The smallest absolute Gasteiger partial charge is 0.222 e. The number of nitrogen functional groups attached to an aromatic ring is 1. The van der Waals surface area contributed by atoms with Crippen LogP contribution in [-0.4, -0.2) is 16.8 Å². The van der Waals surface area contributed by atoms with Gasteiger partial charge in [-0.05, 0) is 12.1 Å². The highest BCUT2D eigenvalue weighted by atomic mass is 35.5. The lowest BCUT2D eigenvalue weighted by Crippen LogP contribution is -1.90. The number of methoxy groups -OCH3 is 1. The van der Waals surface area contributed by atoms with Gasteiger partial charge in [-0.25, -0.2) is 0 Å². The second kappa shape index (κ2) is 4.20. The third-order valence-electron chi connectivity index (χ3n) is 3.06. The second-order valence-electron chi connectivity index (χ2n) is 4.24. The molecule has 98 valence electrons. The highest BCUT2D eigenvalue weighted by Gasteiger charge is 2.17. The number of hydrogen-bond acceptors (Lipinski definition) is 4.